The first-order valence-electron chi connectivity index (χ1n) is 10.7. The van der Waals surface area contributed by atoms with Crippen LogP contribution in [-0.2, 0) is 28.8 Å². The lowest BCUT2D eigenvalue weighted by atomic mass is 9.74. The van der Waals surface area contributed by atoms with E-state index in [4.69, 9.17) is 9.47 Å². The molecule has 0 unspecified atom stereocenters. The van der Waals surface area contributed by atoms with Gasteiger partial charge >= 0.3 is 12.1 Å². The first-order valence-corrected chi connectivity index (χ1v) is 10.7. The highest BCUT2D eigenvalue weighted by Crippen LogP contribution is 2.40. The number of rotatable bonds is 5. The molecule has 1 saturated heterocycles. The maximum atomic E-state index is 12.4. The summed E-state index contributed by atoms with van der Waals surface area (Å²) >= 11 is 0. The zero-order chi connectivity index (χ0) is 21.2. The van der Waals surface area contributed by atoms with E-state index < -0.39 is 17.7 Å². The summed E-state index contributed by atoms with van der Waals surface area (Å²) in [6.45, 7) is 9.80. The van der Waals surface area contributed by atoms with Crippen molar-refractivity contribution in [2.24, 2.45) is 5.92 Å². The minimum atomic E-state index is -0.945. The average Bonchev–Trinajstić information content (AvgIpc) is 2.61. The predicted octanol–water partition coefficient (Wildman–Crippen LogP) is 4.22. The van der Waals surface area contributed by atoms with Crippen molar-refractivity contribution < 1.29 is 24.2 Å². The molecule has 1 aromatic rings. The Bertz CT molecular complexity index is 765. The van der Waals surface area contributed by atoms with E-state index in [2.05, 4.69) is 11.8 Å². The molecule has 1 fully saturated rings. The molecule has 1 aliphatic heterocycles. The van der Waals surface area contributed by atoms with Gasteiger partial charge in [0.2, 0.25) is 0 Å². The number of hydrogen-bond acceptors (Lipinski definition) is 5. The molecule has 1 heterocycles. The number of hydrogen-bond donors (Lipinski definition) is 1. The first kappa shape index (κ1) is 21.6. The number of carboxylic acid groups (broad SMARTS) is 1. The van der Waals surface area contributed by atoms with Gasteiger partial charge in [0.1, 0.15) is 11.4 Å². The number of benzene rings is 1. The van der Waals surface area contributed by atoms with Gasteiger partial charge in [-0.3, -0.25) is 9.69 Å². The lowest BCUT2D eigenvalue weighted by Gasteiger charge is -2.45. The van der Waals surface area contributed by atoms with E-state index in [0.717, 1.165) is 49.9 Å². The van der Waals surface area contributed by atoms with E-state index in [9.17, 15) is 14.7 Å². The minimum Gasteiger partial charge on any atom is -0.481 e. The average molecular weight is 404 g/mol. The Balaban J connectivity index is 1.93. The van der Waals surface area contributed by atoms with Crippen LogP contribution in [0.2, 0.25) is 0 Å². The number of likely N-dealkylation sites (tertiary alicyclic amines) is 1. The maximum Gasteiger partial charge on any atom is 0.514 e. The van der Waals surface area contributed by atoms with Crippen molar-refractivity contribution in [3.05, 3.63) is 28.8 Å². The number of carboxylic acids is 1. The van der Waals surface area contributed by atoms with Crippen molar-refractivity contribution >= 4 is 12.1 Å². The van der Waals surface area contributed by atoms with Crippen LogP contribution in [0.4, 0.5) is 4.79 Å². The number of aliphatic carboxylic acids is 1. The number of carbonyl (C=O) groups excluding carboxylic acids is 1. The van der Waals surface area contributed by atoms with Crippen LogP contribution in [0.5, 0.6) is 5.75 Å². The SMILES string of the molecule is CCCN1CCC[C@@H]2Cc3c(ccc(CC(=O)O)c3OC(=O)OC(C)(C)C)C[C@H]21. The Hall–Kier alpha value is -2.08. The standard InChI is InChI=1S/C23H33NO5/c1-5-10-24-11-6-7-16-12-18-15(13-19(16)24)8-9-17(14-20(25)26)21(18)28-22(27)29-23(2,3)4/h8-9,16,19H,5-7,10-14H2,1-4H3,(H,25,26)/t16-,19-/m1/s1. The van der Waals surface area contributed by atoms with Gasteiger partial charge < -0.3 is 14.6 Å². The molecule has 0 saturated carbocycles. The van der Waals surface area contributed by atoms with Gasteiger partial charge in [-0.2, -0.15) is 0 Å². The zero-order valence-electron chi connectivity index (χ0n) is 18.0. The lowest BCUT2D eigenvalue weighted by Crippen LogP contribution is -2.49. The number of nitrogens with zero attached hydrogens (tertiary/aromatic N) is 1. The smallest absolute Gasteiger partial charge is 0.481 e. The molecule has 6 nitrogen and oxygen atoms in total. The van der Waals surface area contributed by atoms with Gasteiger partial charge in [-0.05, 0) is 83.0 Å². The normalized spacial score (nSPS) is 21.8. The second-order valence-electron chi connectivity index (χ2n) is 9.24. The molecule has 160 valence electrons. The lowest BCUT2D eigenvalue weighted by molar-refractivity contribution is -0.136. The van der Waals surface area contributed by atoms with E-state index in [1.165, 1.54) is 6.42 Å². The fourth-order valence-corrected chi connectivity index (χ4v) is 4.71. The van der Waals surface area contributed by atoms with E-state index >= 15 is 0 Å². The third-order valence-electron chi connectivity index (χ3n) is 5.80. The summed E-state index contributed by atoms with van der Waals surface area (Å²) in [5.41, 5.74) is 1.99. The fourth-order valence-electron chi connectivity index (χ4n) is 4.71. The molecule has 0 radical (unpaired) electrons. The third-order valence-corrected chi connectivity index (χ3v) is 5.80. The molecule has 3 rings (SSSR count). The van der Waals surface area contributed by atoms with Crippen LogP contribution < -0.4 is 4.74 Å². The summed E-state index contributed by atoms with van der Waals surface area (Å²) in [6, 6.07) is 4.32. The molecule has 1 N–H and O–H groups in total. The number of carbonyl (C=O) groups is 2. The van der Waals surface area contributed by atoms with Crippen molar-refractivity contribution in [2.45, 2.75) is 77.9 Å². The summed E-state index contributed by atoms with van der Waals surface area (Å²) in [5.74, 6) is -0.0476. The van der Waals surface area contributed by atoms with E-state index in [1.54, 1.807) is 26.8 Å². The molecule has 6 heteroatoms. The van der Waals surface area contributed by atoms with Gasteiger partial charge in [-0.25, -0.2) is 4.79 Å². The van der Waals surface area contributed by atoms with Gasteiger partial charge in [-0.1, -0.05) is 19.1 Å². The summed E-state index contributed by atoms with van der Waals surface area (Å²) in [7, 11) is 0. The van der Waals surface area contributed by atoms with Crippen molar-refractivity contribution in [1.29, 1.82) is 0 Å². The highest BCUT2D eigenvalue weighted by Gasteiger charge is 2.37. The van der Waals surface area contributed by atoms with Crippen LogP contribution in [0.25, 0.3) is 0 Å². The van der Waals surface area contributed by atoms with E-state index in [1.807, 2.05) is 6.07 Å². The molecule has 2 atom stereocenters. The summed E-state index contributed by atoms with van der Waals surface area (Å²) in [6.07, 6.45) is 4.23. The van der Waals surface area contributed by atoms with Gasteiger partial charge in [-0.15, -0.1) is 0 Å². The van der Waals surface area contributed by atoms with Crippen molar-refractivity contribution in [1.82, 2.24) is 4.90 Å². The minimum absolute atomic E-state index is 0.179. The number of ether oxygens (including phenoxy) is 2. The second-order valence-corrected chi connectivity index (χ2v) is 9.24. The second kappa shape index (κ2) is 8.74. The molecule has 29 heavy (non-hydrogen) atoms. The Morgan fingerprint density at radius 2 is 2.00 bits per heavy atom. The Morgan fingerprint density at radius 1 is 1.24 bits per heavy atom. The molecule has 1 aromatic carbocycles. The topological polar surface area (TPSA) is 76.1 Å². The van der Waals surface area contributed by atoms with Gasteiger partial charge in [0, 0.05) is 11.6 Å². The molecule has 1 aliphatic carbocycles. The van der Waals surface area contributed by atoms with Gasteiger partial charge in [0.05, 0.1) is 6.42 Å². The molecule has 0 aromatic heterocycles. The Kier molecular flexibility index (Phi) is 6.52. The maximum absolute atomic E-state index is 12.4. The first-order chi connectivity index (χ1) is 13.7. The Labute approximate surface area is 173 Å². The van der Waals surface area contributed by atoms with Crippen molar-refractivity contribution in [3.8, 4) is 5.75 Å². The van der Waals surface area contributed by atoms with Gasteiger partial charge in [0.15, 0.2) is 0 Å². The monoisotopic (exact) mass is 403 g/mol. The Morgan fingerprint density at radius 3 is 2.66 bits per heavy atom. The predicted molar refractivity (Wildman–Crippen MR) is 110 cm³/mol. The van der Waals surface area contributed by atoms with Crippen molar-refractivity contribution in [3.63, 3.8) is 0 Å². The summed E-state index contributed by atoms with van der Waals surface area (Å²) in [5, 5.41) is 9.32. The molecular weight excluding hydrogens is 370 g/mol. The molecule has 0 spiro atoms. The molecular formula is C23H33NO5. The number of piperidine rings is 1. The largest absolute Gasteiger partial charge is 0.514 e. The third kappa shape index (κ3) is 5.30. The fraction of sp³-hybridized carbons (Fsp3) is 0.652. The molecule has 2 aliphatic rings. The summed E-state index contributed by atoms with van der Waals surface area (Å²) < 4.78 is 11.0. The van der Waals surface area contributed by atoms with Crippen LogP contribution in [0.3, 0.4) is 0 Å². The molecule has 0 bridgehead atoms. The van der Waals surface area contributed by atoms with Crippen LogP contribution in [-0.4, -0.2) is 46.9 Å². The van der Waals surface area contributed by atoms with Crippen LogP contribution in [0.1, 0.15) is 63.6 Å². The molecule has 0 amide bonds. The van der Waals surface area contributed by atoms with E-state index in [0.29, 0.717) is 23.3 Å². The van der Waals surface area contributed by atoms with Crippen LogP contribution in [0, 0.1) is 5.92 Å². The zero-order valence-corrected chi connectivity index (χ0v) is 18.0. The highest BCUT2D eigenvalue weighted by molar-refractivity contribution is 5.74. The van der Waals surface area contributed by atoms with Gasteiger partial charge in [0.25, 0.3) is 0 Å². The highest BCUT2D eigenvalue weighted by atomic mass is 16.7. The van der Waals surface area contributed by atoms with Crippen LogP contribution in [0.15, 0.2) is 12.1 Å². The van der Waals surface area contributed by atoms with Crippen LogP contribution >= 0.6 is 0 Å². The quantitative estimate of drug-likeness (QED) is 0.586. The van der Waals surface area contributed by atoms with E-state index in [-0.39, 0.29) is 6.42 Å². The van der Waals surface area contributed by atoms with Crippen molar-refractivity contribution in [2.75, 3.05) is 13.1 Å². The number of fused-ring (bicyclic) bond motifs is 2. The summed E-state index contributed by atoms with van der Waals surface area (Å²) in [4.78, 5) is 26.3.